The Labute approximate surface area is 134 Å². The lowest BCUT2D eigenvalue weighted by molar-refractivity contribution is 0.0527. The molecular weight excluding hydrogens is 322 g/mol. The maximum Gasteiger partial charge on any atom is 0.343 e. The van der Waals surface area contributed by atoms with Gasteiger partial charge in [-0.15, -0.1) is 0 Å². The summed E-state index contributed by atoms with van der Waals surface area (Å²) >= 11 is 0. The van der Waals surface area contributed by atoms with Gasteiger partial charge in [-0.3, -0.25) is 14.1 Å². The Morgan fingerprint density at radius 1 is 1.30 bits per heavy atom. The van der Waals surface area contributed by atoms with Crippen molar-refractivity contribution in [3.05, 3.63) is 24.0 Å². The van der Waals surface area contributed by atoms with Crippen molar-refractivity contribution in [2.45, 2.75) is 38.9 Å². The Morgan fingerprint density at radius 3 is 2.65 bits per heavy atom. The zero-order valence-corrected chi connectivity index (χ0v) is 14.0. The second-order valence-electron chi connectivity index (χ2n) is 4.56. The van der Waals surface area contributed by atoms with Gasteiger partial charge in [0, 0.05) is 19.3 Å². The SMILES string of the molecule is CCOC(=O)c1cn(CC)nc1NS(=O)(=O)c1ccnn1CC. The van der Waals surface area contributed by atoms with Crippen molar-refractivity contribution in [2.24, 2.45) is 0 Å². The number of nitrogens with one attached hydrogen (secondary N) is 1. The molecule has 0 saturated carbocycles. The van der Waals surface area contributed by atoms with Gasteiger partial charge in [-0.1, -0.05) is 0 Å². The summed E-state index contributed by atoms with van der Waals surface area (Å²) in [6, 6.07) is 1.38. The molecular formula is C13H19N5O4S. The predicted molar refractivity (Wildman–Crippen MR) is 82.6 cm³/mol. The van der Waals surface area contributed by atoms with E-state index >= 15 is 0 Å². The maximum atomic E-state index is 12.5. The molecule has 0 aliphatic rings. The molecule has 126 valence electrons. The minimum Gasteiger partial charge on any atom is -0.462 e. The zero-order valence-electron chi connectivity index (χ0n) is 13.2. The summed E-state index contributed by atoms with van der Waals surface area (Å²) in [5, 5.41) is 8.01. The van der Waals surface area contributed by atoms with Crippen LogP contribution in [-0.2, 0) is 27.8 Å². The standard InChI is InChI=1S/C13H19N5O4S/c1-4-17-9-10(13(19)22-6-3)12(15-17)16-23(20,21)11-7-8-14-18(11)5-2/h7-9H,4-6H2,1-3H3,(H,15,16). The van der Waals surface area contributed by atoms with Gasteiger partial charge in [0.05, 0.1) is 12.8 Å². The molecule has 0 aliphatic heterocycles. The number of carbonyl (C=O) groups excluding carboxylic acids is 1. The molecule has 10 heteroatoms. The molecule has 0 amide bonds. The highest BCUT2D eigenvalue weighted by Crippen LogP contribution is 2.19. The van der Waals surface area contributed by atoms with E-state index in [0.29, 0.717) is 13.1 Å². The number of carbonyl (C=O) groups is 1. The van der Waals surface area contributed by atoms with Gasteiger partial charge in [0.15, 0.2) is 10.8 Å². The van der Waals surface area contributed by atoms with E-state index in [9.17, 15) is 13.2 Å². The molecule has 2 aromatic heterocycles. The topological polar surface area (TPSA) is 108 Å². The van der Waals surface area contributed by atoms with Crippen molar-refractivity contribution >= 4 is 21.8 Å². The van der Waals surface area contributed by atoms with Crippen LogP contribution in [0.3, 0.4) is 0 Å². The van der Waals surface area contributed by atoms with Gasteiger partial charge >= 0.3 is 5.97 Å². The van der Waals surface area contributed by atoms with Crippen LogP contribution in [0.25, 0.3) is 0 Å². The minimum absolute atomic E-state index is 0.000794. The number of hydrogen-bond acceptors (Lipinski definition) is 6. The fourth-order valence-corrected chi connectivity index (χ4v) is 3.19. The largest absolute Gasteiger partial charge is 0.462 e. The third-order valence-electron chi connectivity index (χ3n) is 3.06. The summed E-state index contributed by atoms with van der Waals surface area (Å²) in [7, 11) is -3.91. The molecule has 0 radical (unpaired) electrons. The lowest BCUT2D eigenvalue weighted by atomic mass is 10.3. The Morgan fingerprint density at radius 2 is 2.04 bits per heavy atom. The highest BCUT2D eigenvalue weighted by molar-refractivity contribution is 7.92. The van der Waals surface area contributed by atoms with E-state index in [1.807, 2.05) is 6.92 Å². The molecule has 0 fully saturated rings. The number of esters is 1. The quantitative estimate of drug-likeness (QED) is 0.755. The Kier molecular flexibility index (Phi) is 5.04. The fraction of sp³-hybridized carbons (Fsp3) is 0.462. The summed E-state index contributed by atoms with van der Waals surface area (Å²) < 4.78 is 35.1. The first kappa shape index (κ1) is 17.0. The van der Waals surface area contributed by atoms with E-state index in [2.05, 4.69) is 14.9 Å². The molecule has 0 atom stereocenters. The molecule has 0 saturated heterocycles. The third kappa shape index (κ3) is 3.52. The van der Waals surface area contributed by atoms with Gasteiger partial charge in [0.1, 0.15) is 5.56 Å². The van der Waals surface area contributed by atoms with Gasteiger partial charge in [0.25, 0.3) is 10.0 Å². The van der Waals surface area contributed by atoms with Gasteiger partial charge in [-0.25, -0.2) is 4.79 Å². The van der Waals surface area contributed by atoms with E-state index in [-0.39, 0.29) is 23.0 Å². The van der Waals surface area contributed by atoms with Crippen molar-refractivity contribution < 1.29 is 17.9 Å². The first-order valence-corrected chi connectivity index (χ1v) is 8.70. The fourth-order valence-electron chi connectivity index (χ4n) is 1.98. The molecule has 9 nitrogen and oxygen atoms in total. The lowest BCUT2D eigenvalue weighted by Gasteiger charge is -2.08. The molecule has 2 aromatic rings. The van der Waals surface area contributed by atoms with Crippen LogP contribution in [-0.4, -0.2) is 40.6 Å². The second kappa shape index (κ2) is 6.82. The third-order valence-corrected chi connectivity index (χ3v) is 4.42. The summed E-state index contributed by atoms with van der Waals surface area (Å²) in [4.78, 5) is 12.0. The second-order valence-corrected chi connectivity index (χ2v) is 6.19. The van der Waals surface area contributed by atoms with Crippen LogP contribution < -0.4 is 4.72 Å². The monoisotopic (exact) mass is 341 g/mol. The summed E-state index contributed by atoms with van der Waals surface area (Å²) in [5.41, 5.74) is 0.0693. The summed E-state index contributed by atoms with van der Waals surface area (Å²) in [5.74, 6) is -0.692. The van der Waals surface area contributed by atoms with E-state index in [1.54, 1.807) is 13.8 Å². The number of anilines is 1. The molecule has 1 N–H and O–H groups in total. The van der Waals surface area contributed by atoms with Gasteiger partial charge in [-0.2, -0.15) is 18.6 Å². The summed E-state index contributed by atoms with van der Waals surface area (Å²) in [6.45, 7) is 6.35. The number of aryl methyl sites for hydroxylation is 2. The van der Waals surface area contributed by atoms with Crippen molar-refractivity contribution in [1.29, 1.82) is 0 Å². The molecule has 23 heavy (non-hydrogen) atoms. The first-order valence-electron chi connectivity index (χ1n) is 7.22. The van der Waals surface area contributed by atoms with E-state index in [0.717, 1.165) is 0 Å². The van der Waals surface area contributed by atoms with Gasteiger partial charge in [-0.05, 0) is 26.8 Å². The number of sulfonamides is 1. The van der Waals surface area contributed by atoms with Crippen LogP contribution in [0.5, 0.6) is 0 Å². The molecule has 2 heterocycles. The predicted octanol–water partition coefficient (Wildman–Crippen LogP) is 1.10. The molecule has 2 rings (SSSR count). The van der Waals surface area contributed by atoms with E-state index in [1.165, 1.54) is 27.8 Å². The number of nitrogens with zero attached hydrogens (tertiary/aromatic N) is 4. The average Bonchev–Trinajstić information content (AvgIpc) is 3.13. The Balaban J connectivity index is 2.39. The minimum atomic E-state index is -3.91. The van der Waals surface area contributed by atoms with E-state index < -0.39 is 16.0 Å². The van der Waals surface area contributed by atoms with Crippen molar-refractivity contribution in [1.82, 2.24) is 19.6 Å². The number of aromatic nitrogens is 4. The molecule has 0 spiro atoms. The Hall–Kier alpha value is -2.36. The summed E-state index contributed by atoms with van der Waals surface area (Å²) in [6.07, 6.45) is 2.85. The van der Waals surface area contributed by atoms with Crippen LogP contribution in [0.2, 0.25) is 0 Å². The molecule has 0 aliphatic carbocycles. The first-order chi connectivity index (χ1) is 10.9. The van der Waals surface area contributed by atoms with Crippen LogP contribution in [0, 0.1) is 0 Å². The smallest absolute Gasteiger partial charge is 0.343 e. The number of hydrogen-bond donors (Lipinski definition) is 1. The van der Waals surface area contributed by atoms with Crippen LogP contribution >= 0.6 is 0 Å². The number of rotatable bonds is 7. The lowest BCUT2D eigenvalue weighted by Crippen LogP contribution is -2.19. The zero-order chi connectivity index (χ0) is 17.0. The Bertz CT molecular complexity index is 793. The number of ether oxygens (including phenoxy) is 1. The highest BCUT2D eigenvalue weighted by atomic mass is 32.2. The molecule has 0 unspecified atom stereocenters. The van der Waals surface area contributed by atoms with Crippen LogP contribution in [0.4, 0.5) is 5.82 Å². The maximum absolute atomic E-state index is 12.5. The van der Waals surface area contributed by atoms with Crippen LogP contribution in [0.15, 0.2) is 23.5 Å². The van der Waals surface area contributed by atoms with Crippen molar-refractivity contribution in [2.75, 3.05) is 11.3 Å². The normalized spacial score (nSPS) is 11.4. The highest BCUT2D eigenvalue weighted by Gasteiger charge is 2.25. The van der Waals surface area contributed by atoms with Gasteiger partial charge < -0.3 is 4.74 Å². The van der Waals surface area contributed by atoms with Crippen molar-refractivity contribution in [3.63, 3.8) is 0 Å². The molecule has 0 aromatic carbocycles. The van der Waals surface area contributed by atoms with E-state index in [4.69, 9.17) is 4.74 Å². The van der Waals surface area contributed by atoms with Crippen LogP contribution in [0.1, 0.15) is 31.1 Å². The van der Waals surface area contributed by atoms with Gasteiger partial charge in [0.2, 0.25) is 0 Å². The molecule has 0 bridgehead atoms. The average molecular weight is 341 g/mol. The van der Waals surface area contributed by atoms with Crippen molar-refractivity contribution in [3.8, 4) is 0 Å².